The molecule has 0 saturated heterocycles. The van der Waals surface area contributed by atoms with Crippen LogP contribution in [0.15, 0.2) is 42.5 Å². The number of carbonyl (C=O) groups excluding carboxylic acids is 1. The van der Waals surface area contributed by atoms with Crippen LogP contribution in [0.5, 0.6) is 5.75 Å². The number of rotatable bonds is 5. The Labute approximate surface area is 153 Å². The molecule has 4 nitrogen and oxygen atoms in total. The number of halogens is 2. The summed E-state index contributed by atoms with van der Waals surface area (Å²) < 4.78 is 6.69. The van der Waals surface area contributed by atoms with E-state index in [-0.39, 0.29) is 5.91 Å². The molecule has 1 unspecified atom stereocenters. The molecule has 0 aliphatic heterocycles. The average molecular weight is 381 g/mol. The molecule has 0 aliphatic rings. The van der Waals surface area contributed by atoms with E-state index >= 15 is 0 Å². The van der Waals surface area contributed by atoms with Crippen LogP contribution in [0.25, 0.3) is 10.2 Å². The van der Waals surface area contributed by atoms with Crippen molar-refractivity contribution in [3.63, 3.8) is 0 Å². The molecular formula is C17H14Cl2N2O2S. The normalized spacial score (nSPS) is 12.1. The third kappa shape index (κ3) is 3.98. The van der Waals surface area contributed by atoms with E-state index in [1.807, 2.05) is 24.3 Å². The second-order valence-electron chi connectivity index (χ2n) is 5.13. The Morgan fingerprint density at radius 1 is 1.29 bits per heavy atom. The molecule has 0 radical (unpaired) electrons. The quantitative estimate of drug-likeness (QED) is 0.698. The number of hydrogen-bond donors (Lipinski definition) is 1. The Morgan fingerprint density at radius 2 is 2.08 bits per heavy atom. The van der Waals surface area contributed by atoms with Crippen LogP contribution in [-0.2, 0) is 11.3 Å². The first-order valence-electron chi connectivity index (χ1n) is 7.27. The van der Waals surface area contributed by atoms with Crippen LogP contribution in [-0.4, -0.2) is 17.0 Å². The van der Waals surface area contributed by atoms with Crippen molar-refractivity contribution >= 4 is 50.7 Å². The zero-order chi connectivity index (χ0) is 17.1. The zero-order valence-electron chi connectivity index (χ0n) is 12.8. The number of fused-ring (bicyclic) bond motifs is 1. The highest BCUT2D eigenvalue weighted by Gasteiger charge is 2.16. The molecule has 1 amide bonds. The molecule has 3 rings (SSSR count). The van der Waals surface area contributed by atoms with Gasteiger partial charge in [-0.2, -0.15) is 0 Å². The van der Waals surface area contributed by atoms with E-state index in [2.05, 4.69) is 10.3 Å². The van der Waals surface area contributed by atoms with E-state index in [4.69, 9.17) is 27.9 Å². The Balaban J connectivity index is 1.59. The minimum atomic E-state index is -0.682. The first kappa shape index (κ1) is 17.0. The summed E-state index contributed by atoms with van der Waals surface area (Å²) >= 11 is 13.4. The van der Waals surface area contributed by atoms with Crippen molar-refractivity contribution < 1.29 is 9.53 Å². The maximum Gasteiger partial charge on any atom is 0.261 e. The SMILES string of the molecule is CC(Oc1ccc(Cl)cc1Cl)C(=O)NCc1nc2ccccc2s1. The lowest BCUT2D eigenvalue weighted by Crippen LogP contribution is -2.35. The van der Waals surface area contributed by atoms with Gasteiger partial charge in [0, 0.05) is 5.02 Å². The molecule has 0 bridgehead atoms. The molecule has 7 heteroatoms. The molecule has 24 heavy (non-hydrogen) atoms. The van der Waals surface area contributed by atoms with Gasteiger partial charge < -0.3 is 10.1 Å². The molecule has 0 fully saturated rings. The number of thiazole rings is 1. The number of amides is 1. The van der Waals surface area contributed by atoms with Crippen molar-refractivity contribution in [1.29, 1.82) is 0 Å². The van der Waals surface area contributed by atoms with E-state index in [1.165, 1.54) is 0 Å². The fourth-order valence-corrected chi connectivity index (χ4v) is 3.48. The van der Waals surface area contributed by atoms with Gasteiger partial charge in [-0.3, -0.25) is 4.79 Å². The largest absolute Gasteiger partial charge is 0.479 e. The van der Waals surface area contributed by atoms with Crippen LogP contribution in [0.1, 0.15) is 11.9 Å². The lowest BCUT2D eigenvalue weighted by atomic mass is 10.3. The summed E-state index contributed by atoms with van der Waals surface area (Å²) in [6, 6.07) is 12.7. The lowest BCUT2D eigenvalue weighted by molar-refractivity contribution is -0.127. The Hall–Kier alpha value is -1.82. The van der Waals surface area contributed by atoms with Crippen LogP contribution in [0, 0.1) is 0 Å². The summed E-state index contributed by atoms with van der Waals surface area (Å²) in [6.07, 6.45) is -0.682. The molecule has 2 aromatic carbocycles. The number of nitrogens with zero attached hydrogens (tertiary/aromatic N) is 1. The summed E-state index contributed by atoms with van der Waals surface area (Å²) in [5.74, 6) is 0.184. The molecule has 124 valence electrons. The second-order valence-corrected chi connectivity index (χ2v) is 7.09. The standard InChI is InChI=1S/C17H14Cl2N2O2S/c1-10(23-14-7-6-11(18)8-12(14)19)17(22)20-9-16-21-13-4-2-3-5-15(13)24-16/h2-8,10H,9H2,1H3,(H,20,22). The molecule has 1 atom stereocenters. The third-order valence-corrected chi connectivity index (χ3v) is 4.89. The van der Waals surface area contributed by atoms with Gasteiger partial charge in [0.05, 0.1) is 21.8 Å². The Bertz CT molecular complexity index is 849. The highest BCUT2D eigenvalue weighted by Crippen LogP contribution is 2.28. The van der Waals surface area contributed by atoms with Gasteiger partial charge in [0.15, 0.2) is 6.10 Å². The van der Waals surface area contributed by atoms with Crippen LogP contribution >= 0.6 is 34.5 Å². The summed E-state index contributed by atoms with van der Waals surface area (Å²) in [7, 11) is 0. The van der Waals surface area contributed by atoms with Gasteiger partial charge in [-0.05, 0) is 37.3 Å². The number of para-hydroxylation sites is 1. The fraction of sp³-hybridized carbons (Fsp3) is 0.176. The third-order valence-electron chi connectivity index (χ3n) is 3.32. The van der Waals surface area contributed by atoms with Crippen LogP contribution in [0.4, 0.5) is 0 Å². The van der Waals surface area contributed by atoms with Gasteiger partial charge >= 0.3 is 0 Å². The van der Waals surface area contributed by atoms with Crippen LogP contribution < -0.4 is 10.1 Å². The molecular weight excluding hydrogens is 367 g/mol. The van der Waals surface area contributed by atoms with Crippen molar-refractivity contribution in [1.82, 2.24) is 10.3 Å². The summed E-state index contributed by atoms with van der Waals surface area (Å²) in [5.41, 5.74) is 0.934. The van der Waals surface area contributed by atoms with Crippen LogP contribution in [0.3, 0.4) is 0 Å². The highest BCUT2D eigenvalue weighted by molar-refractivity contribution is 7.18. The van der Waals surface area contributed by atoms with Crippen molar-refractivity contribution in [2.24, 2.45) is 0 Å². The maximum atomic E-state index is 12.2. The van der Waals surface area contributed by atoms with Crippen molar-refractivity contribution in [2.75, 3.05) is 0 Å². The molecule has 1 heterocycles. The van der Waals surface area contributed by atoms with E-state index in [1.54, 1.807) is 36.5 Å². The minimum absolute atomic E-state index is 0.236. The van der Waals surface area contributed by atoms with E-state index < -0.39 is 6.10 Å². The van der Waals surface area contributed by atoms with Gasteiger partial charge in [0.2, 0.25) is 0 Å². The zero-order valence-corrected chi connectivity index (χ0v) is 15.1. The second kappa shape index (κ2) is 7.38. The van der Waals surface area contributed by atoms with Crippen LogP contribution in [0.2, 0.25) is 10.0 Å². The van der Waals surface area contributed by atoms with Gasteiger partial charge in [-0.25, -0.2) is 4.98 Å². The molecule has 1 aromatic heterocycles. The number of hydrogen-bond acceptors (Lipinski definition) is 4. The predicted molar refractivity (Wildman–Crippen MR) is 98.0 cm³/mol. The molecule has 3 aromatic rings. The fourth-order valence-electron chi connectivity index (χ4n) is 2.12. The van der Waals surface area contributed by atoms with E-state index in [0.717, 1.165) is 15.2 Å². The minimum Gasteiger partial charge on any atom is -0.479 e. The number of carbonyl (C=O) groups is 1. The summed E-state index contributed by atoms with van der Waals surface area (Å²) in [4.78, 5) is 16.7. The maximum absolute atomic E-state index is 12.2. The Morgan fingerprint density at radius 3 is 2.83 bits per heavy atom. The Kier molecular flexibility index (Phi) is 5.23. The lowest BCUT2D eigenvalue weighted by Gasteiger charge is -2.15. The van der Waals surface area contributed by atoms with Gasteiger partial charge in [0.25, 0.3) is 5.91 Å². The first-order valence-corrected chi connectivity index (χ1v) is 8.84. The number of aromatic nitrogens is 1. The van der Waals surface area contributed by atoms with Gasteiger partial charge in [0.1, 0.15) is 10.8 Å². The topological polar surface area (TPSA) is 51.2 Å². The highest BCUT2D eigenvalue weighted by atomic mass is 35.5. The van der Waals surface area contributed by atoms with Crippen molar-refractivity contribution in [3.05, 3.63) is 57.5 Å². The van der Waals surface area contributed by atoms with Gasteiger partial charge in [-0.1, -0.05) is 35.3 Å². The van der Waals surface area contributed by atoms with Gasteiger partial charge in [-0.15, -0.1) is 11.3 Å². The molecule has 1 N–H and O–H groups in total. The number of nitrogens with one attached hydrogen (secondary N) is 1. The molecule has 0 aliphatic carbocycles. The summed E-state index contributed by atoms with van der Waals surface area (Å²) in [5, 5.41) is 4.56. The van der Waals surface area contributed by atoms with E-state index in [9.17, 15) is 4.79 Å². The number of ether oxygens (including phenoxy) is 1. The predicted octanol–water partition coefficient (Wildman–Crippen LogP) is 4.69. The summed E-state index contributed by atoms with van der Waals surface area (Å²) in [6.45, 7) is 2.03. The van der Waals surface area contributed by atoms with Crippen molar-refractivity contribution in [3.8, 4) is 5.75 Å². The molecule has 0 saturated carbocycles. The smallest absolute Gasteiger partial charge is 0.261 e. The number of benzene rings is 2. The van der Waals surface area contributed by atoms with Crippen molar-refractivity contribution in [2.45, 2.75) is 19.6 Å². The average Bonchev–Trinajstić information content (AvgIpc) is 2.98. The monoisotopic (exact) mass is 380 g/mol. The van der Waals surface area contributed by atoms with E-state index in [0.29, 0.717) is 22.3 Å². The first-order chi connectivity index (χ1) is 11.5. The molecule has 0 spiro atoms.